The molecule has 6 nitrogen and oxygen atoms in total. The van der Waals surface area contributed by atoms with E-state index in [2.05, 4.69) is 5.32 Å². The number of hydrogen-bond donors (Lipinski definition) is 1. The van der Waals surface area contributed by atoms with Crippen molar-refractivity contribution in [1.29, 1.82) is 0 Å². The summed E-state index contributed by atoms with van der Waals surface area (Å²) in [5.41, 5.74) is 1.45. The molecule has 0 radical (unpaired) electrons. The molecule has 2 aromatic carbocycles. The molecular formula is C21H27N3O3S. The van der Waals surface area contributed by atoms with Crippen LogP contribution in [0.25, 0.3) is 0 Å². The lowest BCUT2D eigenvalue weighted by molar-refractivity contribution is 0.0791. The van der Waals surface area contributed by atoms with Crippen LogP contribution in [0.1, 0.15) is 30.6 Å². The van der Waals surface area contributed by atoms with Gasteiger partial charge < -0.3 is 10.2 Å². The first-order valence-corrected chi connectivity index (χ1v) is 11.1. The molecule has 0 aliphatic carbocycles. The SMILES string of the molecule is CCN(CC)S(=O)(=O)c1cccc(C(=O)N2CCC(Nc3ccccc3)C2)c1. The molecule has 2 aromatic rings. The summed E-state index contributed by atoms with van der Waals surface area (Å²) in [6.45, 7) is 5.66. The van der Waals surface area contributed by atoms with Crippen molar-refractivity contribution in [3.05, 3.63) is 60.2 Å². The van der Waals surface area contributed by atoms with Gasteiger partial charge in [0.1, 0.15) is 0 Å². The lowest BCUT2D eigenvalue weighted by Crippen LogP contribution is -2.32. The summed E-state index contributed by atoms with van der Waals surface area (Å²) in [7, 11) is -3.58. The zero-order valence-corrected chi connectivity index (χ0v) is 17.2. The summed E-state index contributed by atoms with van der Waals surface area (Å²) in [6, 6.07) is 16.5. The van der Waals surface area contributed by atoms with Gasteiger partial charge in [0.15, 0.2) is 0 Å². The topological polar surface area (TPSA) is 69.7 Å². The van der Waals surface area contributed by atoms with E-state index in [1.54, 1.807) is 36.9 Å². The van der Waals surface area contributed by atoms with E-state index < -0.39 is 10.0 Å². The first-order valence-electron chi connectivity index (χ1n) is 9.66. The molecule has 1 N–H and O–H groups in total. The van der Waals surface area contributed by atoms with Crippen LogP contribution in [0.3, 0.4) is 0 Å². The highest BCUT2D eigenvalue weighted by atomic mass is 32.2. The summed E-state index contributed by atoms with van der Waals surface area (Å²) in [5.74, 6) is -0.131. The van der Waals surface area contributed by atoms with Crippen LogP contribution < -0.4 is 5.32 Å². The first-order chi connectivity index (χ1) is 13.5. The normalized spacial score (nSPS) is 17.1. The second-order valence-corrected chi connectivity index (χ2v) is 8.80. The molecule has 0 spiro atoms. The second-order valence-electron chi connectivity index (χ2n) is 6.86. The summed E-state index contributed by atoms with van der Waals surface area (Å²) >= 11 is 0. The van der Waals surface area contributed by atoms with Crippen molar-refractivity contribution in [2.24, 2.45) is 0 Å². The van der Waals surface area contributed by atoms with Crippen LogP contribution in [-0.2, 0) is 10.0 Å². The highest BCUT2D eigenvalue weighted by molar-refractivity contribution is 7.89. The number of rotatable bonds is 7. The van der Waals surface area contributed by atoms with Crippen LogP contribution in [-0.4, -0.2) is 55.8 Å². The third-order valence-electron chi connectivity index (χ3n) is 5.04. The highest BCUT2D eigenvalue weighted by Gasteiger charge is 2.28. The predicted octanol–water partition coefficient (Wildman–Crippen LogP) is 3.04. The number of anilines is 1. The van der Waals surface area contributed by atoms with Crippen LogP contribution in [0.2, 0.25) is 0 Å². The van der Waals surface area contributed by atoms with Gasteiger partial charge in [-0.15, -0.1) is 0 Å². The van der Waals surface area contributed by atoms with Gasteiger partial charge in [-0.25, -0.2) is 8.42 Å². The fraction of sp³-hybridized carbons (Fsp3) is 0.381. The van der Waals surface area contributed by atoms with Crippen molar-refractivity contribution in [2.45, 2.75) is 31.2 Å². The zero-order valence-electron chi connectivity index (χ0n) is 16.3. The van der Waals surface area contributed by atoms with Crippen LogP contribution in [0.4, 0.5) is 5.69 Å². The van der Waals surface area contributed by atoms with E-state index in [9.17, 15) is 13.2 Å². The van der Waals surface area contributed by atoms with Crippen LogP contribution in [0.15, 0.2) is 59.5 Å². The van der Waals surface area contributed by atoms with Gasteiger partial charge in [0, 0.05) is 43.5 Å². The number of carbonyl (C=O) groups excluding carboxylic acids is 1. The minimum atomic E-state index is -3.58. The fourth-order valence-corrected chi connectivity index (χ4v) is 5.02. The van der Waals surface area contributed by atoms with E-state index in [0.29, 0.717) is 31.7 Å². The Morgan fingerprint density at radius 3 is 2.50 bits per heavy atom. The molecule has 1 atom stereocenters. The van der Waals surface area contributed by atoms with Crippen molar-refractivity contribution in [1.82, 2.24) is 9.21 Å². The van der Waals surface area contributed by atoms with Gasteiger partial charge in [-0.1, -0.05) is 38.1 Å². The van der Waals surface area contributed by atoms with Crippen molar-refractivity contribution < 1.29 is 13.2 Å². The maximum Gasteiger partial charge on any atom is 0.253 e. The van der Waals surface area contributed by atoms with E-state index in [-0.39, 0.29) is 16.8 Å². The molecule has 1 saturated heterocycles. The lowest BCUT2D eigenvalue weighted by atomic mass is 10.2. The minimum Gasteiger partial charge on any atom is -0.380 e. The Bertz CT molecular complexity index is 912. The number of amides is 1. The van der Waals surface area contributed by atoms with Crippen molar-refractivity contribution in [3.63, 3.8) is 0 Å². The molecule has 1 heterocycles. The van der Waals surface area contributed by atoms with E-state index in [4.69, 9.17) is 0 Å². The fourth-order valence-electron chi connectivity index (χ4n) is 3.52. The number of carbonyl (C=O) groups is 1. The molecule has 1 unspecified atom stereocenters. The lowest BCUT2D eigenvalue weighted by Gasteiger charge is -2.20. The summed E-state index contributed by atoms with van der Waals surface area (Å²) in [5, 5.41) is 3.45. The second kappa shape index (κ2) is 8.75. The Hall–Kier alpha value is -2.38. The first kappa shape index (κ1) is 20.4. The Morgan fingerprint density at radius 2 is 1.82 bits per heavy atom. The molecule has 1 amide bonds. The third kappa shape index (κ3) is 4.36. The largest absolute Gasteiger partial charge is 0.380 e. The van der Waals surface area contributed by atoms with Gasteiger partial charge in [0.2, 0.25) is 10.0 Å². The third-order valence-corrected chi connectivity index (χ3v) is 7.09. The molecule has 1 aliphatic heterocycles. The Morgan fingerprint density at radius 1 is 1.11 bits per heavy atom. The molecule has 0 saturated carbocycles. The highest BCUT2D eigenvalue weighted by Crippen LogP contribution is 2.21. The summed E-state index contributed by atoms with van der Waals surface area (Å²) < 4.78 is 26.9. The van der Waals surface area contributed by atoms with Gasteiger partial charge >= 0.3 is 0 Å². The predicted molar refractivity (Wildman–Crippen MR) is 111 cm³/mol. The molecule has 7 heteroatoms. The van der Waals surface area contributed by atoms with Crippen molar-refractivity contribution in [3.8, 4) is 0 Å². The van der Waals surface area contributed by atoms with Crippen LogP contribution in [0.5, 0.6) is 0 Å². The molecular weight excluding hydrogens is 374 g/mol. The number of nitrogens with one attached hydrogen (secondary N) is 1. The maximum absolute atomic E-state index is 12.9. The molecule has 1 aliphatic rings. The average molecular weight is 402 g/mol. The maximum atomic E-state index is 12.9. The number of hydrogen-bond acceptors (Lipinski definition) is 4. The molecule has 1 fully saturated rings. The quantitative estimate of drug-likeness (QED) is 0.774. The van der Waals surface area contributed by atoms with E-state index in [1.165, 1.54) is 10.4 Å². The van der Waals surface area contributed by atoms with Gasteiger partial charge in [-0.3, -0.25) is 4.79 Å². The van der Waals surface area contributed by atoms with Crippen LogP contribution in [0, 0.1) is 0 Å². The van der Waals surface area contributed by atoms with Crippen LogP contribution >= 0.6 is 0 Å². The molecule has 28 heavy (non-hydrogen) atoms. The molecule has 0 aromatic heterocycles. The van der Waals surface area contributed by atoms with Gasteiger partial charge in [-0.05, 0) is 36.8 Å². The average Bonchev–Trinajstić information content (AvgIpc) is 3.17. The molecule has 3 rings (SSSR count). The Kier molecular flexibility index (Phi) is 6.36. The number of sulfonamides is 1. The monoisotopic (exact) mass is 401 g/mol. The van der Waals surface area contributed by atoms with Crippen molar-refractivity contribution >= 4 is 21.6 Å². The van der Waals surface area contributed by atoms with E-state index >= 15 is 0 Å². The Balaban J connectivity index is 1.72. The number of benzene rings is 2. The van der Waals surface area contributed by atoms with Crippen molar-refractivity contribution in [2.75, 3.05) is 31.5 Å². The standard InChI is InChI=1S/C21H27N3O3S/c1-3-24(4-2)28(26,27)20-12-8-9-17(15-20)21(25)23-14-13-19(16-23)22-18-10-6-5-7-11-18/h5-12,15,19,22H,3-4,13-14,16H2,1-2H3. The number of likely N-dealkylation sites (tertiary alicyclic amines) is 1. The molecule has 0 bridgehead atoms. The van der Waals surface area contributed by atoms with Gasteiger partial charge in [0.05, 0.1) is 4.90 Å². The minimum absolute atomic E-state index is 0.131. The van der Waals surface area contributed by atoms with E-state index in [1.807, 2.05) is 30.3 Å². The summed E-state index contributed by atoms with van der Waals surface area (Å²) in [6.07, 6.45) is 0.859. The van der Waals surface area contributed by atoms with Gasteiger partial charge in [-0.2, -0.15) is 4.31 Å². The van der Waals surface area contributed by atoms with Gasteiger partial charge in [0.25, 0.3) is 5.91 Å². The zero-order chi connectivity index (χ0) is 20.1. The molecule has 150 valence electrons. The number of para-hydroxylation sites is 1. The van der Waals surface area contributed by atoms with E-state index in [0.717, 1.165) is 12.1 Å². The summed E-state index contributed by atoms with van der Waals surface area (Å²) in [4.78, 5) is 14.9. The smallest absolute Gasteiger partial charge is 0.253 e. The Labute approximate surface area is 167 Å². The number of nitrogens with zero attached hydrogens (tertiary/aromatic N) is 2.